The predicted octanol–water partition coefficient (Wildman–Crippen LogP) is -0.0279. The quantitative estimate of drug-likeness (QED) is 0.113. The Hall–Kier alpha value is -1.35. The Morgan fingerprint density at radius 1 is 0.691 bits per heavy atom. The number of methoxy groups -OCH3 is 3. The van der Waals surface area contributed by atoms with Gasteiger partial charge >= 0.3 is 0 Å². The van der Waals surface area contributed by atoms with Crippen molar-refractivity contribution >= 4 is 5.78 Å². The van der Waals surface area contributed by atoms with Crippen LogP contribution in [0.1, 0.15) is 92.9 Å². The first kappa shape index (κ1) is 53.0. The lowest BCUT2D eigenvalue weighted by Crippen LogP contribution is -2.71. The number of hydrogen-bond acceptors (Lipinski definition) is 20. The number of Topliss-reactive ketones (excluding diaryl/α,β-unsaturated/α-hetero) is 1. The molecule has 0 aromatic carbocycles. The standard InChI is InChI=1S/C48H78O20/c1-20(50)26-13-15-48(57)27-11-10-24-16-25(12-14-46(24,5)33(27)35(52)43(56)47(26,48)6)64-31-17-28(58-7)39(21(2)61-31)66-32-18-29(59-8)40(22(3)62-32)67-45-38(55)42(60-9)41(23(4)63-45)68-44-37(54)36(53)34(51)30(19-49)65-44/h10,21-23,25-45,49,51-57H,11-19H2,1-9H3/t21-,22-,23+,25-,26-,27+,28-,29-,30+,31+,32+,33+,34+,35-,36-,37+,38+,39-,40-,41+,42+,43+,44-,45-,46+,47-,48-/m1/s1. The molecule has 4 aliphatic heterocycles. The maximum Gasteiger partial charge on any atom is 0.187 e. The molecule has 68 heavy (non-hydrogen) atoms. The fourth-order valence-electron chi connectivity index (χ4n) is 13.9. The van der Waals surface area contributed by atoms with Gasteiger partial charge in [-0.1, -0.05) is 25.5 Å². The number of aliphatic hydroxyl groups excluding tert-OH is 7. The molecule has 4 aliphatic carbocycles. The van der Waals surface area contributed by atoms with Gasteiger partial charge in [-0.25, -0.2) is 0 Å². The van der Waals surface area contributed by atoms with Crippen LogP contribution in [0.5, 0.6) is 0 Å². The molecule has 0 radical (unpaired) electrons. The van der Waals surface area contributed by atoms with E-state index in [0.717, 1.165) is 5.57 Å². The van der Waals surface area contributed by atoms with E-state index in [-0.39, 0.29) is 30.1 Å². The predicted molar refractivity (Wildman–Crippen MR) is 234 cm³/mol. The van der Waals surface area contributed by atoms with E-state index >= 15 is 0 Å². The third kappa shape index (κ3) is 8.99. The van der Waals surface area contributed by atoms with Crippen LogP contribution >= 0.6 is 0 Å². The molecule has 0 aromatic heterocycles. The first-order valence-electron chi connectivity index (χ1n) is 24.6. The van der Waals surface area contributed by atoms with E-state index in [1.807, 2.05) is 6.92 Å². The lowest BCUT2D eigenvalue weighted by atomic mass is 9.44. The number of carbonyl (C=O) groups excluding carboxylic acids is 1. The van der Waals surface area contributed by atoms with Crippen LogP contribution in [0.3, 0.4) is 0 Å². The fraction of sp³-hybridized carbons (Fsp3) is 0.938. The second-order valence-electron chi connectivity index (χ2n) is 21.3. The number of allylic oxidation sites excluding steroid dienone is 1. The Morgan fingerprint density at radius 2 is 1.28 bits per heavy atom. The summed E-state index contributed by atoms with van der Waals surface area (Å²) in [5, 5.41) is 88.1. The van der Waals surface area contributed by atoms with Crippen LogP contribution < -0.4 is 0 Å². The second-order valence-corrected chi connectivity index (χ2v) is 21.3. The SMILES string of the molecule is CO[C@H]1[C@H](O)[C@@H](O[C@@H]2[C@@H](C)O[C@@H](O[C@@H]3[C@@H](C)O[C@@H](O[C@@H]4CC[C@@]5(C)C(=CC[C@H]6[C@H]5[C@@H](O)[C@H](O)[C@@]5(C)[C@@H](C(C)=O)CC[C@@]65O)C4)C[C@H]3OC)C[C@H]2OC)O[C@@H](C)[C@@H]1O[C@H]1O[C@@H](CO)[C@H](O)[C@@H](O)[C@@H]1O. The molecule has 4 saturated heterocycles. The molecule has 8 aliphatic rings. The zero-order chi connectivity index (χ0) is 49.4. The normalized spacial score (nSPS) is 54.0. The van der Waals surface area contributed by atoms with Crippen LogP contribution in [0.15, 0.2) is 11.6 Å². The molecule has 3 saturated carbocycles. The van der Waals surface area contributed by atoms with Gasteiger partial charge in [0.05, 0.1) is 61.0 Å². The van der Waals surface area contributed by atoms with E-state index in [2.05, 4.69) is 13.0 Å². The Labute approximate surface area is 398 Å². The smallest absolute Gasteiger partial charge is 0.187 e. The van der Waals surface area contributed by atoms with E-state index in [1.165, 1.54) is 14.0 Å². The van der Waals surface area contributed by atoms with Crippen molar-refractivity contribution in [3.63, 3.8) is 0 Å². The van der Waals surface area contributed by atoms with Crippen LogP contribution in [-0.2, 0) is 56.9 Å². The van der Waals surface area contributed by atoms with Gasteiger partial charge in [0.1, 0.15) is 60.7 Å². The van der Waals surface area contributed by atoms with Gasteiger partial charge in [-0.3, -0.25) is 4.79 Å². The molecule has 0 spiro atoms. The molecule has 0 amide bonds. The molecule has 20 nitrogen and oxygen atoms in total. The molecule has 4 heterocycles. The van der Waals surface area contributed by atoms with E-state index in [1.54, 1.807) is 35.0 Å². The first-order chi connectivity index (χ1) is 32.2. The average Bonchev–Trinajstić information content (AvgIpc) is 3.60. The number of hydrogen-bond donors (Lipinski definition) is 8. The zero-order valence-corrected chi connectivity index (χ0v) is 40.8. The molecule has 7 fully saturated rings. The third-order valence-corrected chi connectivity index (χ3v) is 17.8. The van der Waals surface area contributed by atoms with Crippen LogP contribution in [-0.4, -0.2) is 209 Å². The molecule has 0 bridgehead atoms. The highest BCUT2D eigenvalue weighted by Crippen LogP contribution is 2.68. The van der Waals surface area contributed by atoms with Crippen molar-refractivity contribution in [3.05, 3.63) is 11.6 Å². The summed E-state index contributed by atoms with van der Waals surface area (Å²) in [6, 6.07) is 0. The van der Waals surface area contributed by atoms with E-state index in [9.17, 15) is 45.6 Å². The largest absolute Gasteiger partial charge is 0.394 e. The molecular weight excluding hydrogens is 897 g/mol. The molecule has 0 unspecified atom stereocenters. The van der Waals surface area contributed by atoms with Gasteiger partial charge in [-0.2, -0.15) is 0 Å². The topological polar surface area (TPSA) is 280 Å². The molecule has 0 aromatic rings. The third-order valence-electron chi connectivity index (χ3n) is 17.8. The zero-order valence-electron chi connectivity index (χ0n) is 40.8. The lowest BCUT2D eigenvalue weighted by Gasteiger charge is -2.64. The Bertz CT molecular complexity index is 1770. The summed E-state index contributed by atoms with van der Waals surface area (Å²) in [4.78, 5) is 12.7. The molecule has 20 heteroatoms. The van der Waals surface area contributed by atoms with Gasteiger partial charge in [0.2, 0.25) is 0 Å². The number of ether oxygens (including phenoxy) is 11. The molecule has 8 N–H and O–H groups in total. The van der Waals surface area contributed by atoms with Crippen LogP contribution in [0.25, 0.3) is 0 Å². The van der Waals surface area contributed by atoms with E-state index in [4.69, 9.17) is 52.1 Å². The summed E-state index contributed by atoms with van der Waals surface area (Å²) in [7, 11) is 4.53. The number of rotatable bonds is 13. The maximum atomic E-state index is 12.7. The average molecular weight is 975 g/mol. The first-order valence-corrected chi connectivity index (χ1v) is 24.6. The maximum absolute atomic E-state index is 12.7. The minimum atomic E-state index is -1.67. The van der Waals surface area contributed by atoms with E-state index < -0.39 is 152 Å². The lowest BCUT2D eigenvalue weighted by molar-refractivity contribution is -0.373. The van der Waals surface area contributed by atoms with Crippen molar-refractivity contribution in [2.24, 2.45) is 28.6 Å². The monoisotopic (exact) mass is 975 g/mol. The number of carbonyl (C=O) groups is 1. The Balaban J connectivity index is 0.855. The van der Waals surface area contributed by atoms with Crippen molar-refractivity contribution in [1.29, 1.82) is 0 Å². The van der Waals surface area contributed by atoms with Gasteiger partial charge in [0, 0.05) is 51.4 Å². The van der Waals surface area contributed by atoms with Crippen LogP contribution in [0, 0.1) is 28.6 Å². The summed E-state index contributed by atoms with van der Waals surface area (Å²) in [6.07, 6.45) is -14.1. The molecule has 8 rings (SSSR count). The summed E-state index contributed by atoms with van der Waals surface area (Å²) in [6.45, 7) is 10.2. The van der Waals surface area contributed by atoms with Crippen molar-refractivity contribution < 1.29 is 97.8 Å². The van der Waals surface area contributed by atoms with Crippen LogP contribution in [0.4, 0.5) is 0 Å². The summed E-state index contributed by atoms with van der Waals surface area (Å²) in [5.41, 5.74) is -1.74. The summed E-state index contributed by atoms with van der Waals surface area (Å²) >= 11 is 0. The molecular formula is C48H78O20. The van der Waals surface area contributed by atoms with Gasteiger partial charge in [-0.05, 0) is 77.6 Å². The van der Waals surface area contributed by atoms with Crippen LogP contribution in [0.2, 0.25) is 0 Å². The Morgan fingerprint density at radius 3 is 1.88 bits per heavy atom. The molecule has 27 atom stereocenters. The number of ketones is 1. The van der Waals surface area contributed by atoms with Gasteiger partial charge in [0.25, 0.3) is 0 Å². The van der Waals surface area contributed by atoms with Gasteiger partial charge < -0.3 is 93.0 Å². The second kappa shape index (κ2) is 20.5. The van der Waals surface area contributed by atoms with Crippen molar-refractivity contribution in [2.75, 3.05) is 27.9 Å². The number of fused-ring (bicyclic) bond motifs is 5. The Kier molecular flexibility index (Phi) is 16.0. The highest BCUT2D eigenvalue weighted by molar-refractivity contribution is 5.80. The number of aliphatic hydroxyl groups is 8. The van der Waals surface area contributed by atoms with Crippen molar-refractivity contribution in [2.45, 2.75) is 227 Å². The summed E-state index contributed by atoms with van der Waals surface area (Å²) < 4.78 is 67.6. The van der Waals surface area contributed by atoms with Gasteiger partial charge in [-0.15, -0.1) is 0 Å². The van der Waals surface area contributed by atoms with Crippen molar-refractivity contribution in [3.8, 4) is 0 Å². The fourth-order valence-corrected chi connectivity index (χ4v) is 13.9. The highest BCUT2D eigenvalue weighted by atomic mass is 16.8. The van der Waals surface area contributed by atoms with E-state index in [0.29, 0.717) is 44.9 Å². The minimum Gasteiger partial charge on any atom is -0.394 e. The highest BCUT2D eigenvalue weighted by Gasteiger charge is 2.73. The minimum absolute atomic E-state index is 0.0666. The molecule has 390 valence electrons. The van der Waals surface area contributed by atoms with Gasteiger partial charge in [0.15, 0.2) is 25.2 Å². The summed E-state index contributed by atoms with van der Waals surface area (Å²) in [5.74, 6) is -1.26. The van der Waals surface area contributed by atoms with Crippen molar-refractivity contribution in [1.82, 2.24) is 0 Å².